The van der Waals surface area contributed by atoms with E-state index < -0.39 is 0 Å². The summed E-state index contributed by atoms with van der Waals surface area (Å²) in [5, 5.41) is 15.5. The summed E-state index contributed by atoms with van der Waals surface area (Å²) in [6.45, 7) is 0. The molecule has 1 aliphatic rings. The minimum Gasteiger partial charge on any atom is -0.357 e. The molecule has 22 heavy (non-hydrogen) atoms. The Kier molecular flexibility index (Phi) is 5.02. The number of anilines is 2. The van der Waals surface area contributed by atoms with E-state index in [9.17, 15) is 4.79 Å². The van der Waals surface area contributed by atoms with Crippen molar-refractivity contribution in [3.8, 4) is 0 Å². The van der Waals surface area contributed by atoms with Crippen LogP contribution >= 0.6 is 46.3 Å². The molecule has 0 unspecified atom stereocenters. The van der Waals surface area contributed by atoms with Gasteiger partial charge in [-0.15, -0.1) is 10.2 Å². The quantitative estimate of drug-likeness (QED) is 0.751. The molecule has 0 saturated heterocycles. The monoisotopic (exact) mass is 375 g/mol. The molecule has 6 nitrogen and oxygen atoms in total. The van der Waals surface area contributed by atoms with Crippen molar-refractivity contribution in [2.45, 2.75) is 23.2 Å². The Bertz CT molecular complexity index is 692. The number of aromatic nitrogens is 3. The summed E-state index contributed by atoms with van der Waals surface area (Å²) in [7, 11) is 0. The van der Waals surface area contributed by atoms with Crippen LogP contribution in [0.25, 0.3) is 0 Å². The average molecular weight is 376 g/mol. The summed E-state index contributed by atoms with van der Waals surface area (Å²) in [6.07, 6.45) is 3.79. The van der Waals surface area contributed by atoms with Gasteiger partial charge in [0.05, 0.1) is 15.8 Å². The lowest BCUT2D eigenvalue weighted by Gasteiger charge is -2.05. The van der Waals surface area contributed by atoms with Crippen LogP contribution in [0.3, 0.4) is 0 Å². The smallest absolute Gasteiger partial charge is 0.236 e. The Morgan fingerprint density at radius 2 is 2.23 bits per heavy atom. The summed E-state index contributed by atoms with van der Waals surface area (Å²) in [5.74, 6) is 0.289. The highest BCUT2D eigenvalue weighted by atomic mass is 35.5. The molecule has 0 aromatic carbocycles. The van der Waals surface area contributed by atoms with Crippen LogP contribution < -0.4 is 10.6 Å². The maximum Gasteiger partial charge on any atom is 0.236 e. The van der Waals surface area contributed by atoms with E-state index in [2.05, 4.69) is 25.8 Å². The Hall–Kier alpha value is -1.09. The molecular weight excluding hydrogens is 365 g/mol. The van der Waals surface area contributed by atoms with E-state index in [0.717, 1.165) is 9.47 Å². The highest BCUT2D eigenvalue weighted by Gasteiger charge is 2.22. The summed E-state index contributed by atoms with van der Waals surface area (Å²) in [6, 6.07) is 2.06. The summed E-state index contributed by atoms with van der Waals surface area (Å²) < 4.78 is 0.744. The second-order valence-corrected chi connectivity index (χ2v) is 7.66. The molecule has 1 amide bonds. The number of nitrogens with one attached hydrogen (secondary N) is 2. The van der Waals surface area contributed by atoms with E-state index in [4.69, 9.17) is 23.2 Å². The highest BCUT2D eigenvalue weighted by molar-refractivity contribution is 8.01. The molecule has 1 aliphatic carbocycles. The van der Waals surface area contributed by atoms with Crippen molar-refractivity contribution in [2.75, 3.05) is 16.4 Å². The number of hydrogen-bond acceptors (Lipinski definition) is 7. The maximum atomic E-state index is 11.9. The SMILES string of the molecule is O=C(CSc1nnc(NC2CC2)s1)Nc1ncc(Cl)cc1Cl. The fourth-order valence-electron chi connectivity index (χ4n) is 1.53. The number of thioether (sulfide) groups is 1. The van der Waals surface area contributed by atoms with E-state index in [0.29, 0.717) is 21.9 Å². The number of rotatable bonds is 6. The molecule has 1 saturated carbocycles. The Morgan fingerprint density at radius 3 is 2.95 bits per heavy atom. The minimum absolute atomic E-state index is 0.207. The standard InChI is InChI=1S/C12H11Cl2N5OS2/c13-6-3-8(14)10(15-4-6)17-9(20)5-21-12-19-18-11(22-12)16-7-1-2-7/h3-4,7H,1-2,5H2,(H,16,18)(H,15,17,20). The van der Waals surface area contributed by atoms with Gasteiger partial charge in [0.1, 0.15) is 0 Å². The molecule has 2 heterocycles. The second-order valence-electron chi connectivity index (χ2n) is 4.61. The third kappa shape index (κ3) is 4.45. The van der Waals surface area contributed by atoms with Crippen molar-refractivity contribution in [3.63, 3.8) is 0 Å². The van der Waals surface area contributed by atoms with E-state index in [1.54, 1.807) is 0 Å². The first-order chi connectivity index (χ1) is 10.6. The summed E-state index contributed by atoms with van der Waals surface area (Å²) in [4.78, 5) is 15.9. The van der Waals surface area contributed by atoms with Crippen molar-refractivity contribution in [3.05, 3.63) is 22.3 Å². The van der Waals surface area contributed by atoms with Crippen LogP contribution in [0, 0.1) is 0 Å². The first-order valence-corrected chi connectivity index (χ1v) is 8.99. The molecule has 0 atom stereocenters. The Balaban J connectivity index is 1.50. The van der Waals surface area contributed by atoms with Gasteiger partial charge in [-0.3, -0.25) is 4.79 Å². The van der Waals surface area contributed by atoms with Gasteiger partial charge in [0.25, 0.3) is 0 Å². The number of halogens is 2. The number of carbonyl (C=O) groups excluding carboxylic acids is 1. The van der Waals surface area contributed by atoms with Gasteiger partial charge >= 0.3 is 0 Å². The molecular formula is C12H11Cl2N5OS2. The first-order valence-electron chi connectivity index (χ1n) is 6.44. The fraction of sp³-hybridized carbons (Fsp3) is 0.333. The topological polar surface area (TPSA) is 79.8 Å². The van der Waals surface area contributed by atoms with E-state index >= 15 is 0 Å². The van der Waals surface area contributed by atoms with Crippen molar-refractivity contribution in [1.82, 2.24) is 15.2 Å². The first kappa shape index (κ1) is 15.8. The van der Waals surface area contributed by atoms with Crippen molar-refractivity contribution in [1.29, 1.82) is 0 Å². The van der Waals surface area contributed by atoms with E-state index in [1.165, 1.54) is 48.2 Å². The van der Waals surface area contributed by atoms with Crippen LogP contribution in [0.4, 0.5) is 10.9 Å². The Labute approximate surface area is 145 Å². The van der Waals surface area contributed by atoms with Crippen molar-refractivity contribution >= 4 is 63.2 Å². The average Bonchev–Trinajstić information content (AvgIpc) is 3.17. The molecule has 1 fully saturated rings. The molecule has 0 bridgehead atoms. The van der Waals surface area contributed by atoms with Gasteiger partial charge in [0.2, 0.25) is 11.0 Å². The molecule has 2 aromatic heterocycles. The minimum atomic E-state index is -0.214. The second kappa shape index (κ2) is 6.99. The zero-order valence-electron chi connectivity index (χ0n) is 11.2. The van der Waals surface area contributed by atoms with Gasteiger partial charge in [-0.2, -0.15) is 0 Å². The molecule has 0 spiro atoms. The summed E-state index contributed by atoms with van der Waals surface area (Å²) >= 11 is 14.5. The normalized spacial score (nSPS) is 13.9. The van der Waals surface area contributed by atoms with Gasteiger partial charge in [-0.05, 0) is 18.9 Å². The van der Waals surface area contributed by atoms with Crippen molar-refractivity contribution < 1.29 is 4.79 Å². The fourth-order valence-corrected chi connectivity index (χ4v) is 3.59. The largest absolute Gasteiger partial charge is 0.357 e. The predicted molar refractivity (Wildman–Crippen MR) is 90.2 cm³/mol. The summed E-state index contributed by atoms with van der Waals surface area (Å²) in [5.41, 5.74) is 0. The zero-order chi connectivity index (χ0) is 15.5. The van der Waals surface area contributed by atoms with Gasteiger partial charge in [0.15, 0.2) is 10.2 Å². The lowest BCUT2D eigenvalue weighted by molar-refractivity contribution is -0.113. The van der Waals surface area contributed by atoms with Crippen molar-refractivity contribution in [2.24, 2.45) is 0 Å². The third-order valence-electron chi connectivity index (χ3n) is 2.70. The van der Waals surface area contributed by atoms with Crippen LogP contribution in [0.2, 0.25) is 10.0 Å². The van der Waals surface area contributed by atoms with Crippen LogP contribution in [0.15, 0.2) is 16.6 Å². The lowest BCUT2D eigenvalue weighted by Crippen LogP contribution is -2.15. The molecule has 10 heteroatoms. The van der Waals surface area contributed by atoms with E-state index in [1.807, 2.05) is 0 Å². The maximum absolute atomic E-state index is 11.9. The molecule has 116 valence electrons. The number of hydrogen-bond donors (Lipinski definition) is 2. The van der Waals surface area contributed by atoms with Gasteiger partial charge in [-0.25, -0.2) is 4.98 Å². The molecule has 0 radical (unpaired) electrons. The molecule has 2 aromatic rings. The van der Waals surface area contributed by atoms with E-state index in [-0.39, 0.29) is 11.7 Å². The molecule has 2 N–H and O–H groups in total. The van der Waals surface area contributed by atoms with Gasteiger partial charge < -0.3 is 10.6 Å². The van der Waals surface area contributed by atoms with Crippen LogP contribution in [-0.2, 0) is 4.79 Å². The van der Waals surface area contributed by atoms with Gasteiger partial charge in [0, 0.05) is 12.2 Å². The van der Waals surface area contributed by atoms with Crippen LogP contribution in [0.5, 0.6) is 0 Å². The molecule has 0 aliphatic heterocycles. The van der Waals surface area contributed by atoms with Crippen LogP contribution in [0.1, 0.15) is 12.8 Å². The Morgan fingerprint density at radius 1 is 1.41 bits per heavy atom. The number of amides is 1. The highest BCUT2D eigenvalue weighted by Crippen LogP contribution is 2.30. The number of pyridine rings is 1. The third-order valence-corrected chi connectivity index (χ3v) is 5.19. The number of carbonyl (C=O) groups is 1. The molecule has 3 rings (SSSR count). The lowest BCUT2D eigenvalue weighted by atomic mass is 10.4. The van der Waals surface area contributed by atoms with Crippen LogP contribution in [-0.4, -0.2) is 32.9 Å². The zero-order valence-corrected chi connectivity index (χ0v) is 14.3. The number of nitrogens with zero attached hydrogens (tertiary/aromatic N) is 3. The predicted octanol–water partition coefficient (Wildman–Crippen LogP) is 3.55. The van der Waals surface area contributed by atoms with Gasteiger partial charge in [-0.1, -0.05) is 46.3 Å².